The fourth-order valence-corrected chi connectivity index (χ4v) is 21.5. The molecule has 0 fully saturated rings. The van der Waals surface area contributed by atoms with Crippen LogP contribution in [-0.2, 0) is 0 Å². The van der Waals surface area contributed by atoms with Gasteiger partial charge in [0.2, 0.25) is 5.95 Å². The summed E-state index contributed by atoms with van der Waals surface area (Å²) in [6.07, 6.45) is 0. The molecular weight excluding hydrogens is 1770 g/mol. The van der Waals surface area contributed by atoms with Gasteiger partial charge in [0.1, 0.15) is 39.3 Å². The van der Waals surface area contributed by atoms with Crippen molar-refractivity contribution in [2.24, 2.45) is 0 Å². The van der Waals surface area contributed by atoms with Crippen molar-refractivity contribution in [3.8, 4) is 124 Å². The largest absolute Gasteiger partial charge is 0.456 e. The van der Waals surface area contributed by atoms with E-state index in [0.29, 0.717) is 17.6 Å². The molecule has 0 spiro atoms. The highest BCUT2D eigenvalue weighted by Gasteiger charge is 2.27. The van der Waals surface area contributed by atoms with Crippen molar-refractivity contribution in [3.05, 3.63) is 497 Å². The van der Waals surface area contributed by atoms with Gasteiger partial charge in [-0.2, -0.15) is 0 Å². The molecule has 0 unspecified atom stereocenters. The molecule has 0 atom stereocenters. The van der Waals surface area contributed by atoms with Gasteiger partial charge in [0.15, 0.2) is 11.6 Å². The minimum Gasteiger partial charge on any atom is -0.456 e. The Balaban J connectivity index is 0.000000106. The van der Waals surface area contributed by atoms with Crippen LogP contribution in [0.5, 0.6) is 0 Å². The third kappa shape index (κ3) is 14.5. The summed E-state index contributed by atoms with van der Waals surface area (Å²) in [5, 5.41) is 16.0. The number of fused-ring (bicyclic) bond motifs is 21. The van der Waals surface area contributed by atoms with Crippen molar-refractivity contribution in [1.29, 1.82) is 0 Å². The number of benzene rings is 20. The molecule has 30 aromatic rings. The lowest BCUT2D eigenvalue weighted by atomic mass is 10.00. The maximum atomic E-state index is 6.31. The molecule has 145 heavy (non-hydrogen) atoms. The zero-order chi connectivity index (χ0) is 95.5. The van der Waals surface area contributed by atoms with Crippen LogP contribution in [0.1, 0.15) is 0 Å². The molecule has 0 amide bonds. The monoisotopic (exact) mass is 1850 g/mol. The quantitative estimate of drug-likeness (QED) is 0.110. The lowest BCUT2D eigenvalue weighted by Crippen LogP contribution is -2.04. The Morgan fingerprint density at radius 2 is 0.483 bits per heavy atom. The van der Waals surface area contributed by atoms with Gasteiger partial charge in [0.05, 0.1) is 72.6 Å². The SMILES string of the molecule is c1ccc(-c2cc(-c3ccc4c(c3)oc3ccccc34)nc(-n3c4ccccc4c4cc5c(cc43)c3ccccc3n5-c3ccccc3)n2)cc1.c1ccc(-c2cccc(-c3cc(-c4cccc5c6ccccc6n(-c6ccccc6)c45)nc(-c4ccc5c(c4)oc4ccccc45)n3)c2)cc1.c1ccc(-c2cccc(-c3cc(-n4c5ccccc5c5ccccc54)nc(-c4ccc5oc6ccccc6c5c4)n3)c2)cc1. The molecule has 0 radical (unpaired) electrons. The molecule has 0 aliphatic heterocycles. The Morgan fingerprint density at radius 1 is 0.152 bits per heavy atom. The van der Waals surface area contributed by atoms with Gasteiger partial charge in [0, 0.05) is 132 Å². The van der Waals surface area contributed by atoms with Crippen LogP contribution in [0.4, 0.5) is 0 Å². The highest BCUT2D eigenvalue weighted by molar-refractivity contribution is 6.20. The molecule has 0 bridgehead atoms. The number of hydrogen-bond donors (Lipinski definition) is 0. The first kappa shape index (κ1) is 83.4. The third-order valence-corrected chi connectivity index (χ3v) is 28.2. The van der Waals surface area contributed by atoms with Crippen LogP contribution in [0, 0.1) is 0 Å². The first-order chi connectivity index (χ1) is 71.9. The van der Waals surface area contributed by atoms with Gasteiger partial charge in [-0.15, -0.1) is 0 Å². The predicted molar refractivity (Wildman–Crippen MR) is 594 cm³/mol. The normalized spacial score (nSPS) is 11.7. The smallest absolute Gasteiger partial charge is 0.235 e. The predicted octanol–water partition coefficient (Wildman–Crippen LogP) is 34.5. The molecule has 0 saturated carbocycles. The van der Waals surface area contributed by atoms with Crippen LogP contribution >= 0.6 is 0 Å². The number of aromatic nitrogens is 10. The van der Waals surface area contributed by atoms with Crippen LogP contribution in [-0.4, -0.2) is 48.2 Å². The van der Waals surface area contributed by atoms with Gasteiger partial charge in [-0.05, 0) is 174 Å². The zero-order valence-corrected chi connectivity index (χ0v) is 78.0. The van der Waals surface area contributed by atoms with E-state index < -0.39 is 0 Å². The van der Waals surface area contributed by atoms with E-state index in [4.69, 9.17) is 43.2 Å². The van der Waals surface area contributed by atoms with Gasteiger partial charge in [-0.1, -0.05) is 340 Å². The number of hydrogen-bond acceptors (Lipinski definition) is 9. The molecule has 678 valence electrons. The second-order valence-corrected chi connectivity index (χ2v) is 36.7. The molecule has 0 saturated heterocycles. The van der Waals surface area contributed by atoms with E-state index in [1.54, 1.807) is 0 Å². The summed E-state index contributed by atoms with van der Waals surface area (Å²) in [5.41, 5.74) is 32.1. The lowest BCUT2D eigenvalue weighted by molar-refractivity contribution is 0.668. The molecule has 10 aromatic heterocycles. The summed E-state index contributed by atoms with van der Waals surface area (Å²) in [5.74, 6) is 2.75. The fraction of sp³-hybridized carbons (Fsp3) is 0. The second kappa shape index (κ2) is 34.7. The van der Waals surface area contributed by atoms with Crippen molar-refractivity contribution >= 4 is 153 Å². The standard InChI is InChI=1S/C46H28N4O.C46H29N3O.C40H25N3O/c1-3-13-29(14-4-1)38-28-39(30-23-24-35-34-19-9-12-22-44(34)51-45(35)25-30)48-46(47-38)50-41-21-11-8-18-33(41)37-26-42-36(27-43(37)50)32-17-7-10-20-40(32)49(42)31-15-5-2-6-16-31;1-3-13-30(14-4-1)31-15-11-16-32(27-31)40-29-41(48-46(47-40)33-25-26-37-36-20-8-10-24-43(36)50-44(37)28-33)39-22-12-21-38-35-19-7-9-23-42(35)49(45(38)39)34-17-5-2-6-18-34;1-2-11-26(12-3-1)27-13-10-14-28(23-27)34-25-39(43-35-18-7-4-15-30(35)31-16-5-8-19-36(31)43)42-40(41-34)29-21-22-38-33(24-29)32-17-6-9-20-37(32)44-38/h1-28H;1-29H;1-25H. The van der Waals surface area contributed by atoms with E-state index >= 15 is 0 Å². The molecular formula is C132H82N10O3. The maximum Gasteiger partial charge on any atom is 0.235 e. The minimum atomic E-state index is 0.619. The Morgan fingerprint density at radius 3 is 1.03 bits per heavy atom. The Bertz CT molecular complexity index is 10300. The summed E-state index contributed by atoms with van der Waals surface area (Å²) in [6, 6.07) is 173. The average Bonchev–Trinajstić information content (AvgIpc) is 1.55. The number of nitrogens with zero attached hydrogens (tertiary/aromatic N) is 10. The summed E-state index contributed by atoms with van der Waals surface area (Å²) in [4.78, 5) is 31.6. The van der Waals surface area contributed by atoms with Gasteiger partial charge in [-0.25, -0.2) is 29.9 Å². The van der Waals surface area contributed by atoms with Gasteiger partial charge in [-0.3, -0.25) is 9.13 Å². The zero-order valence-electron chi connectivity index (χ0n) is 78.0. The van der Waals surface area contributed by atoms with Gasteiger partial charge < -0.3 is 22.4 Å². The first-order valence-electron chi connectivity index (χ1n) is 48.8. The molecule has 0 aliphatic rings. The van der Waals surface area contributed by atoms with Crippen molar-refractivity contribution in [2.45, 2.75) is 0 Å². The average molecular weight is 1860 g/mol. The van der Waals surface area contributed by atoms with Crippen LogP contribution in [0.15, 0.2) is 511 Å². The highest BCUT2D eigenvalue weighted by Crippen LogP contribution is 2.46. The summed E-state index contributed by atoms with van der Waals surface area (Å²) >= 11 is 0. The maximum absolute atomic E-state index is 6.31. The molecule has 0 N–H and O–H groups in total. The van der Waals surface area contributed by atoms with E-state index in [1.165, 1.54) is 43.4 Å². The number of rotatable bonds is 13. The first-order valence-corrected chi connectivity index (χ1v) is 48.8. The topological polar surface area (TPSA) is 136 Å². The van der Waals surface area contributed by atoms with E-state index in [-0.39, 0.29) is 0 Å². The second-order valence-electron chi connectivity index (χ2n) is 36.7. The van der Waals surface area contributed by atoms with E-state index in [2.05, 4.69) is 437 Å². The van der Waals surface area contributed by atoms with Gasteiger partial charge in [0.25, 0.3) is 0 Å². The van der Waals surface area contributed by atoms with Crippen LogP contribution in [0.3, 0.4) is 0 Å². The summed E-state index contributed by atoms with van der Waals surface area (Å²) in [7, 11) is 0. The number of furan rings is 3. The van der Waals surface area contributed by atoms with Crippen molar-refractivity contribution in [2.75, 3.05) is 0 Å². The van der Waals surface area contributed by atoms with Crippen molar-refractivity contribution < 1.29 is 13.3 Å². The summed E-state index contributed by atoms with van der Waals surface area (Å²) in [6.45, 7) is 0. The molecule has 20 aromatic carbocycles. The fourth-order valence-electron chi connectivity index (χ4n) is 21.5. The van der Waals surface area contributed by atoms with Crippen LogP contribution < -0.4 is 0 Å². The molecule has 10 heterocycles. The molecule has 30 rings (SSSR count). The molecule has 13 nitrogen and oxygen atoms in total. The molecule has 0 aliphatic carbocycles. The third-order valence-electron chi connectivity index (χ3n) is 28.2. The minimum absolute atomic E-state index is 0.619. The summed E-state index contributed by atoms with van der Waals surface area (Å²) < 4.78 is 28.0. The Labute approximate surface area is 830 Å². The van der Waals surface area contributed by atoms with E-state index in [0.717, 1.165) is 217 Å². The van der Waals surface area contributed by atoms with Crippen molar-refractivity contribution in [3.63, 3.8) is 0 Å². The Hall–Kier alpha value is -19.8. The van der Waals surface area contributed by atoms with Gasteiger partial charge >= 0.3 is 0 Å². The van der Waals surface area contributed by atoms with Crippen molar-refractivity contribution in [1.82, 2.24) is 48.2 Å². The number of para-hydroxylation sites is 11. The van der Waals surface area contributed by atoms with E-state index in [9.17, 15) is 0 Å². The van der Waals surface area contributed by atoms with Crippen LogP contribution in [0.25, 0.3) is 277 Å². The molecule has 13 heteroatoms. The Kier molecular flexibility index (Phi) is 20.0. The lowest BCUT2D eigenvalue weighted by Gasteiger charge is -2.14. The van der Waals surface area contributed by atoms with Crippen LogP contribution in [0.2, 0.25) is 0 Å². The van der Waals surface area contributed by atoms with E-state index in [1.807, 2.05) is 78.9 Å². The highest BCUT2D eigenvalue weighted by atomic mass is 16.3.